The van der Waals surface area contributed by atoms with Gasteiger partial charge in [-0.25, -0.2) is 0 Å². The molecule has 0 spiro atoms. The van der Waals surface area contributed by atoms with Crippen LogP contribution in [0.3, 0.4) is 0 Å². The molecule has 1 aliphatic rings. The third-order valence-electron chi connectivity index (χ3n) is 4.03. The average molecular weight is 342 g/mol. The largest absolute Gasteiger partial charge is 0.408 e. The van der Waals surface area contributed by atoms with E-state index in [2.05, 4.69) is 20.8 Å². The summed E-state index contributed by atoms with van der Waals surface area (Å²) in [6, 6.07) is 1.73. The third kappa shape index (κ3) is 3.42. The van der Waals surface area contributed by atoms with E-state index in [4.69, 9.17) is 0 Å². The lowest BCUT2D eigenvalue weighted by molar-refractivity contribution is -0.142. The minimum atomic E-state index is -4.36. The van der Waals surface area contributed by atoms with Crippen molar-refractivity contribution in [1.29, 1.82) is 0 Å². The number of carbonyl (C=O) groups excluding carboxylic acids is 1. The number of hydrogen-bond donors (Lipinski definition) is 2. The summed E-state index contributed by atoms with van der Waals surface area (Å²) in [7, 11) is 0. The van der Waals surface area contributed by atoms with Crippen LogP contribution < -0.4 is 10.6 Å². The molecule has 3 heterocycles. The zero-order valence-corrected chi connectivity index (χ0v) is 12.8. The van der Waals surface area contributed by atoms with Crippen molar-refractivity contribution in [1.82, 2.24) is 24.9 Å². The number of piperidine rings is 1. The number of hydrogen-bond acceptors (Lipinski definition) is 4. The summed E-state index contributed by atoms with van der Waals surface area (Å²) >= 11 is 0. The molecule has 0 saturated carbocycles. The lowest BCUT2D eigenvalue weighted by Gasteiger charge is -2.36. The van der Waals surface area contributed by atoms with E-state index in [0.29, 0.717) is 25.9 Å². The Labute approximate surface area is 135 Å². The number of nitrogens with one attached hydrogen (secondary N) is 2. The van der Waals surface area contributed by atoms with E-state index in [1.807, 2.05) is 0 Å². The molecule has 130 valence electrons. The minimum absolute atomic E-state index is 0.231. The van der Waals surface area contributed by atoms with Gasteiger partial charge in [0.25, 0.3) is 5.91 Å². The first-order chi connectivity index (χ1) is 11.4. The van der Waals surface area contributed by atoms with Gasteiger partial charge >= 0.3 is 6.18 Å². The molecule has 24 heavy (non-hydrogen) atoms. The summed E-state index contributed by atoms with van der Waals surface area (Å²) in [4.78, 5) is 12.8. The van der Waals surface area contributed by atoms with Crippen LogP contribution in [-0.2, 0) is 16.9 Å². The highest BCUT2D eigenvalue weighted by atomic mass is 19.4. The monoisotopic (exact) mass is 342 g/mol. The lowest BCUT2D eigenvalue weighted by atomic mass is 9.87. The Bertz CT molecular complexity index is 688. The van der Waals surface area contributed by atoms with Gasteiger partial charge in [0.05, 0.1) is 11.9 Å². The second-order valence-corrected chi connectivity index (χ2v) is 5.73. The summed E-state index contributed by atoms with van der Waals surface area (Å²) < 4.78 is 39.5. The van der Waals surface area contributed by atoms with Crippen molar-refractivity contribution in [3.63, 3.8) is 0 Å². The summed E-state index contributed by atoms with van der Waals surface area (Å²) in [6.45, 7) is 0.109. The highest BCUT2D eigenvalue weighted by Crippen LogP contribution is 2.28. The second kappa shape index (κ2) is 6.27. The van der Waals surface area contributed by atoms with Gasteiger partial charge in [0.1, 0.15) is 12.1 Å². The molecule has 0 bridgehead atoms. The molecule has 2 N–H and O–H groups in total. The number of halogens is 3. The van der Waals surface area contributed by atoms with Crippen molar-refractivity contribution in [2.75, 3.05) is 18.4 Å². The van der Waals surface area contributed by atoms with Crippen LogP contribution in [-0.4, -0.2) is 44.7 Å². The highest BCUT2D eigenvalue weighted by molar-refractivity contribution is 5.96. The average Bonchev–Trinajstić information content (AvgIpc) is 3.18. The Morgan fingerprint density at radius 3 is 2.71 bits per heavy atom. The molecule has 10 heteroatoms. The van der Waals surface area contributed by atoms with Gasteiger partial charge in [-0.15, -0.1) is 0 Å². The van der Waals surface area contributed by atoms with E-state index in [0.717, 1.165) is 4.68 Å². The molecule has 0 radical (unpaired) electrons. The van der Waals surface area contributed by atoms with Crippen LogP contribution in [0.4, 0.5) is 18.9 Å². The van der Waals surface area contributed by atoms with Crippen molar-refractivity contribution >= 4 is 11.6 Å². The van der Waals surface area contributed by atoms with Gasteiger partial charge in [0, 0.05) is 18.6 Å². The zero-order chi connectivity index (χ0) is 17.2. The van der Waals surface area contributed by atoms with Gasteiger partial charge in [0.2, 0.25) is 0 Å². The van der Waals surface area contributed by atoms with Gasteiger partial charge in [-0.2, -0.15) is 23.4 Å². The van der Waals surface area contributed by atoms with Crippen LogP contribution in [0.1, 0.15) is 12.8 Å². The lowest BCUT2D eigenvalue weighted by Crippen LogP contribution is -2.52. The second-order valence-electron chi connectivity index (χ2n) is 5.73. The Balaban J connectivity index is 1.77. The fourth-order valence-corrected chi connectivity index (χ4v) is 2.87. The molecule has 0 atom stereocenters. The first-order valence-corrected chi connectivity index (χ1v) is 7.51. The fraction of sp³-hybridized carbons (Fsp3) is 0.500. The van der Waals surface area contributed by atoms with E-state index in [1.165, 1.54) is 12.4 Å². The normalized spacial score (nSPS) is 17.6. The summed E-state index contributed by atoms with van der Waals surface area (Å²) in [6.07, 6.45) is 2.41. The molecule has 0 unspecified atom stereocenters. The predicted octanol–water partition coefficient (Wildman–Crippen LogP) is 1.36. The molecule has 2 aromatic rings. The molecule has 1 aliphatic heterocycles. The summed E-state index contributed by atoms with van der Waals surface area (Å²) in [5, 5.41) is 13.7. The number of anilines is 1. The Morgan fingerprint density at radius 2 is 2.08 bits per heavy atom. The maximum Gasteiger partial charge on any atom is 0.408 e. The zero-order valence-electron chi connectivity index (χ0n) is 12.8. The molecule has 0 aromatic carbocycles. The van der Waals surface area contributed by atoms with E-state index in [9.17, 15) is 18.0 Å². The number of alkyl halides is 3. The summed E-state index contributed by atoms with van der Waals surface area (Å²) in [5.74, 6) is -0.306. The minimum Gasteiger partial charge on any atom is -0.321 e. The molecule has 3 rings (SSSR count). The van der Waals surface area contributed by atoms with E-state index >= 15 is 0 Å². The van der Waals surface area contributed by atoms with E-state index in [-0.39, 0.29) is 11.6 Å². The van der Waals surface area contributed by atoms with Crippen molar-refractivity contribution in [2.24, 2.45) is 0 Å². The van der Waals surface area contributed by atoms with Crippen LogP contribution >= 0.6 is 0 Å². The number of amides is 1. The number of nitrogens with zero attached hydrogens (tertiary/aromatic N) is 4. The maximum atomic E-state index is 12.8. The molecule has 1 saturated heterocycles. The topological polar surface area (TPSA) is 76.8 Å². The van der Waals surface area contributed by atoms with Crippen LogP contribution in [0.5, 0.6) is 0 Å². The smallest absolute Gasteiger partial charge is 0.321 e. The van der Waals surface area contributed by atoms with Gasteiger partial charge in [-0.3, -0.25) is 14.2 Å². The number of carbonyl (C=O) groups is 1. The molecule has 2 aromatic heterocycles. The number of aromatic nitrogens is 4. The standard InChI is InChI=1S/C14H17F3N6O/c15-14(16,17)10-22-9-11(8-20-22)21-12(24)13(2-5-18-6-3-13)23-7-1-4-19-23/h1,4,7-9,18H,2-3,5-6,10H2,(H,21,24). The van der Waals surface area contributed by atoms with Crippen molar-refractivity contribution in [3.8, 4) is 0 Å². The third-order valence-corrected chi connectivity index (χ3v) is 4.03. The van der Waals surface area contributed by atoms with Crippen molar-refractivity contribution in [3.05, 3.63) is 30.9 Å². The van der Waals surface area contributed by atoms with Crippen LogP contribution in [0.15, 0.2) is 30.9 Å². The molecular weight excluding hydrogens is 325 g/mol. The van der Waals surface area contributed by atoms with Crippen molar-refractivity contribution in [2.45, 2.75) is 31.1 Å². The van der Waals surface area contributed by atoms with E-state index in [1.54, 1.807) is 23.1 Å². The van der Waals surface area contributed by atoms with Gasteiger partial charge in [-0.05, 0) is 32.0 Å². The Morgan fingerprint density at radius 1 is 1.33 bits per heavy atom. The quantitative estimate of drug-likeness (QED) is 0.880. The molecule has 0 aliphatic carbocycles. The van der Waals surface area contributed by atoms with Gasteiger partial charge in [-0.1, -0.05) is 0 Å². The number of rotatable bonds is 4. The molecule has 1 amide bonds. The molecular formula is C14H17F3N6O. The highest BCUT2D eigenvalue weighted by Gasteiger charge is 2.42. The first kappa shape index (κ1) is 16.5. The summed E-state index contributed by atoms with van der Waals surface area (Å²) in [5.41, 5.74) is -0.629. The van der Waals surface area contributed by atoms with Gasteiger partial charge < -0.3 is 10.6 Å². The molecule has 1 fully saturated rings. The van der Waals surface area contributed by atoms with Crippen LogP contribution in [0, 0.1) is 0 Å². The Kier molecular flexibility index (Phi) is 4.31. The predicted molar refractivity (Wildman–Crippen MR) is 79.2 cm³/mol. The SMILES string of the molecule is O=C(Nc1cnn(CC(F)(F)F)c1)C1(n2cccn2)CCNCC1. The molecule has 7 nitrogen and oxygen atoms in total. The fourth-order valence-electron chi connectivity index (χ4n) is 2.87. The van der Waals surface area contributed by atoms with Crippen LogP contribution in [0.25, 0.3) is 0 Å². The maximum absolute atomic E-state index is 12.8. The van der Waals surface area contributed by atoms with Gasteiger partial charge in [0.15, 0.2) is 0 Å². The van der Waals surface area contributed by atoms with Crippen LogP contribution in [0.2, 0.25) is 0 Å². The first-order valence-electron chi connectivity index (χ1n) is 7.51. The van der Waals surface area contributed by atoms with Crippen molar-refractivity contribution < 1.29 is 18.0 Å². The Hall–Kier alpha value is -2.36. The van der Waals surface area contributed by atoms with E-state index < -0.39 is 18.3 Å².